The van der Waals surface area contributed by atoms with E-state index in [0.29, 0.717) is 30.3 Å². The minimum atomic E-state index is 0.0229. The summed E-state index contributed by atoms with van der Waals surface area (Å²) in [4.78, 5) is 4.03. The lowest BCUT2D eigenvalue weighted by atomic mass is 10.2. The molecule has 110 valence electrons. The molecule has 6 nitrogen and oxygen atoms in total. The molecule has 1 aromatic carbocycles. The van der Waals surface area contributed by atoms with Crippen LogP contribution < -0.4 is 15.2 Å². The van der Waals surface area contributed by atoms with Gasteiger partial charge in [-0.3, -0.25) is 4.98 Å². The van der Waals surface area contributed by atoms with Gasteiger partial charge in [-0.1, -0.05) is 11.2 Å². The third-order valence-corrected chi connectivity index (χ3v) is 2.76. The Kier molecular flexibility index (Phi) is 4.98. The normalized spacial score (nSPS) is 11.2. The van der Waals surface area contributed by atoms with Crippen LogP contribution >= 0.6 is 0 Å². The van der Waals surface area contributed by atoms with E-state index < -0.39 is 0 Å². The number of pyridine rings is 1. The topological polar surface area (TPSA) is 90.0 Å². The first kappa shape index (κ1) is 14.6. The quantitative estimate of drug-likeness (QED) is 0.368. The summed E-state index contributed by atoms with van der Waals surface area (Å²) in [5.41, 5.74) is 7.09. The van der Waals surface area contributed by atoms with Crippen molar-refractivity contribution in [3.8, 4) is 11.5 Å². The van der Waals surface area contributed by atoms with E-state index >= 15 is 0 Å². The molecule has 0 spiro atoms. The third kappa shape index (κ3) is 3.85. The highest BCUT2D eigenvalue weighted by molar-refractivity contribution is 5.97. The molecule has 0 saturated heterocycles. The second kappa shape index (κ2) is 7.14. The van der Waals surface area contributed by atoms with Crippen LogP contribution in [-0.4, -0.2) is 22.6 Å². The summed E-state index contributed by atoms with van der Waals surface area (Å²) in [6.45, 7) is 2.75. The highest BCUT2D eigenvalue weighted by atomic mass is 16.5. The molecule has 2 aromatic rings. The predicted molar refractivity (Wildman–Crippen MR) is 78.7 cm³/mol. The first-order valence-corrected chi connectivity index (χ1v) is 6.51. The SMILES string of the molecule is CCOc1cc(C(N)=NO)ccc1OCc1cccnc1. The van der Waals surface area contributed by atoms with Crippen LogP contribution in [0.25, 0.3) is 0 Å². The van der Waals surface area contributed by atoms with Gasteiger partial charge >= 0.3 is 0 Å². The summed E-state index contributed by atoms with van der Waals surface area (Å²) in [7, 11) is 0. The molecule has 0 radical (unpaired) electrons. The molecule has 0 aliphatic carbocycles. The molecule has 6 heteroatoms. The van der Waals surface area contributed by atoms with Crippen LogP contribution in [0.3, 0.4) is 0 Å². The van der Waals surface area contributed by atoms with E-state index in [1.54, 1.807) is 30.6 Å². The van der Waals surface area contributed by atoms with Crippen molar-refractivity contribution in [3.63, 3.8) is 0 Å². The number of aromatic nitrogens is 1. The molecular weight excluding hydrogens is 270 g/mol. The highest BCUT2D eigenvalue weighted by Crippen LogP contribution is 2.29. The van der Waals surface area contributed by atoms with Crippen molar-refractivity contribution in [1.82, 2.24) is 4.98 Å². The zero-order chi connectivity index (χ0) is 15.1. The van der Waals surface area contributed by atoms with E-state index in [1.807, 2.05) is 19.1 Å². The minimum absolute atomic E-state index is 0.0229. The third-order valence-electron chi connectivity index (χ3n) is 2.76. The maximum absolute atomic E-state index is 8.71. The molecule has 0 saturated carbocycles. The lowest BCUT2D eigenvalue weighted by molar-refractivity contribution is 0.269. The molecule has 0 fully saturated rings. The van der Waals surface area contributed by atoms with Crippen LogP contribution in [0.1, 0.15) is 18.1 Å². The fourth-order valence-corrected chi connectivity index (χ4v) is 1.76. The van der Waals surface area contributed by atoms with Gasteiger partial charge in [-0.15, -0.1) is 0 Å². The van der Waals surface area contributed by atoms with E-state index in [0.717, 1.165) is 5.56 Å². The van der Waals surface area contributed by atoms with Gasteiger partial charge in [-0.25, -0.2) is 0 Å². The number of benzene rings is 1. The van der Waals surface area contributed by atoms with Crippen LogP contribution in [0.4, 0.5) is 0 Å². The van der Waals surface area contributed by atoms with Gasteiger partial charge in [0.25, 0.3) is 0 Å². The smallest absolute Gasteiger partial charge is 0.170 e. The van der Waals surface area contributed by atoms with Crippen LogP contribution in [0.2, 0.25) is 0 Å². The Balaban J connectivity index is 2.18. The van der Waals surface area contributed by atoms with Gasteiger partial charge < -0.3 is 20.4 Å². The fraction of sp³-hybridized carbons (Fsp3) is 0.200. The summed E-state index contributed by atoms with van der Waals surface area (Å²) in [5.74, 6) is 1.16. The van der Waals surface area contributed by atoms with Crippen LogP contribution in [-0.2, 0) is 6.61 Å². The van der Waals surface area contributed by atoms with Gasteiger partial charge in [0, 0.05) is 23.5 Å². The molecule has 0 aliphatic heterocycles. The molecule has 1 aromatic heterocycles. The van der Waals surface area contributed by atoms with Crippen LogP contribution in [0, 0.1) is 0 Å². The van der Waals surface area contributed by atoms with Crippen molar-refractivity contribution in [2.45, 2.75) is 13.5 Å². The number of oxime groups is 1. The summed E-state index contributed by atoms with van der Waals surface area (Å²) in [6, 6.07) is 8.89. The standard InChI is InChI=1S/C15H17N3O3/c1-2-20-14-8-12(15(16)18-19)5-6-13(14)21-10-11-4-3-7-17-9-11/h3-9,19H,2,10H2,1H3,(H2,16,18). The Hall–Kier alpha value is -2.76. The molecular formula is C15H17N3O3. The maximum atomic E-state index is 8.71. The van der Waals surface area contributed by atoms with Gasteiger partial charge in [0.1, 0.15) is 6.61 Å². The van der Waals surface area contributed by atoms with E-state index in [4.69, 9.17) is 20.4 Å². The highest BCUT2D eigenvalue weighted by Gasteiger charge is 2.09. The zero-order valence-corrected chi connectivity index (χ0v) is 11.7. The number of nitrogens with zero attached hydrogens (tertiary/aromatic N) is 2. The summed E-state index contributed by atoms with van der Waals surface area (Å²) >= 11 is 0. The molecule has 21 heavy (non-hydrogen) atoms. The Morgan fingerprint density at radius 1 is 1.29 bits per heavy atom. The van der Waals surface area contributed by atoms with Crippen molar-refractivity contribution in [1.29, 1.82) is 0 Å². The molecule has 1 heterocycles. The van der Waals surface area contributed by atoms with Gasteiger partial charge in [0.2, 0.25) is 0 Å². The second-order valence-electron chi connectivity index (χ2n) is 4.23. The number of nitrogens with two attached hydrogens (primary N) is 1. The van der Waals surface area contributed by atoms with Gasteiger partial charge in [0.05, 0.1) is 6.61 Å². The monoisotopic (exact) mass is 287 g/mol. The summed E-state index contributed by atoms with van der Waals surface area (Å²) < 4.78 is 11.3. The number of amidine groups is 1. The van der Waals surface area contributed by atoms with Gasteiger partial charge in [-0.2, -0.15) is 0 Å². The summed E-state index contributed by atoms with van der Waals surface area (Å²) in [6.07, 6.45) is 3.45. The average Bonchev–Trinajstić information content (AvgIpc) is 2.54. The number of ether oxygens (including phenoxy) is 2. The maximum Gasteiger partial charge on any atom is 0.170 e. The first-order chi connectivity index (χ1) is 10.2. The van der Waals surface area contributed by atoms with E-state index in [1.165, 1.54) is 0 Å². The van der Waals surface area contributed by atoms with Crippen molar-refractivity contribution >= 4 is 5.84 Å². The molecule has 2 rings (SSSR count). The zero-order valence-electron chi connectivity index (χ0n) is 11.7. The van der Waals surface area contributed by atoms with Crippen molar-refractivity contribution in [2.24, 2.45) is 10.9 Å². The van der Waals surface area contributed by atoms with E-state index in [2.05, 4.69) is 10.1 Å². The van der Waals surface area contributed by atoms with E-state index in [-0.39, 0.29) is 5.84 Å². The summed E-state index contributed by atoms with van der Waals surface area (Å²) in [5, 5.41) is 11.7. The number of hydrogen-bond donors (Lipinski definition) is 2. The lowest BCUT2D eigenvalue weighted by Gasteiger charge is -2.13. The minimum Gasteiger partial charge on any atom is -0.490 e. The van der Waals surface area contributed by atoms with Crippen molar-refractivity contribution < 1.29 is 14.7 Å². The first-order valence-electron chi connectivity index (χ1n) is 6.51. The Labute approximate surface area is 122 Å². The largest absolute Gasteiger partial charge is 0.490 e. The van der Waals surface area contributed by atoms with Crippen molar-refractivity contribution in [3.05, 3.63) is 53.9 Å². The fourth-order valence-electron chi connectivity index (χ4n) is 1.76. The lowest BCUT2D eigenvalue weighted by Crippen LogP contribution is -2.13. The molecule has 3 N–H and O–H groups in total. The van der Waals surface area contributed by atoms with Gasteiger partial charge in [0.15, 0.2) is 17.3 Å². The molecule has 0 atom stereocenters. The average molecular weight is 287 g/mol. The Morgan fingerprint density at radius 2 is 2.14 bits per heavy atom. The Bertz CT molecular complexity index is 615. The molecule has 0 aliphatic rings. The number of hydrogen-bond acceptors (Lipinski definition) is 5. The van der Waals surface area contributed by atoms with Gasteiger partial charge in [-0.05, 0) is 31.2 Å². The van der Waals surface area contributed by atoms with Crippen LogP contribution in [0.5, 0.6) is 11.5 Å². The molecule has 0 bridgehead atoms. The van der Waals surface area contributed by atoms with Crippen molar-refractivity contribution in [2.75, 3.05) is 6.61 Å². The van der Waals surface area contributed by atoms with E-state index in [9.17, 15) is 0 Å². The molecule has 0 unspecified atom stereocenters. The molecule has 0 amide bonds. The number of rotatable bonds is 6. The van der Waals surface area contributed by atoms with Crippen LogP contribution in [0.15, 0.2) is 47.9 Å². The Morgan fingerprint density at radius 3 is 2.81 bits per heavy atom. The predicted octanol–water partition coefficient (Wildman–Crippen LogP) is 2.15. The second-order valence-corrected chi connectivity index (χ2v) is 4.23.